The minimum Gasteiger partial charge on any atom is -0.440 e. The van der Waals surface area contributed by atoms with Crippen LogP contribution in [0.25, 0.3) is 11.1 Å². The van der Waals surface area contributed by atoms with Crippen LogP contribution in [0.15, 0.2) is 57.8 Å². The van der Waals surface area contributed by atoms with Crippen molar-refractivity contribution < 1.29 is 21.6 Å². The quantitative estimate of drug-likeness (QED) is 0.787. The van der Waals surface area contributed by atoms with E-state index in [1.165, 1.54) is 24.3 Å². The number of alkyl halides is 2. The molecule has 8 heteroatoms. The van der Waals surface area contributed by atoms with E-state index < -0.39 is 27.8 Å². The van der Waals surface area contributed by atoms with Crippen LogP contribution in [-0.2, 0) is 10.0 Å². The topological polar surface area (TPSA) is 86.2 Å². The molecule has 124 valence electrons. The fourth-order valence-corrected chi connectivity index (χ4v) is 3.45. The summed E-state index contributed by atoms with van der Waals surface area (Å²) >= 11 is 0. The molecule has 1 saturated carbocycles. The summed E-state index contributed by atoms with van der Waals surface area (Å²) in [4.78, 5) is 4.02. The highest BCUT2D eigenvalue weighted by Gasteiger charge is 2.71. The van der Waals surface area contributed by atoms with Gasteiger partial charge in [-0.15, -0.1) is 0 Å². The Morgan fingerprint density at radius 1 is 1.04 bits per heavy atom. The molecular weight excluding hydrogens is 338 g/mol. The van der Waals surface area contributed by atoms with Gasteiger partial charge in [-0.2, -0.15) is 0 Å². The van der Waals surface area contributed by atoms with Gasteiger partial charge in [-0.3, -0.25) is 0 Å². The highest BCUT2D eigenvalue weighted by Crippen LogP contribution is 2.67. The zero-order chi connectivity index (χ0) is 17.1. The van der Waals surface area contributed by atoms with Gasteiger partial charge in [-0.05, 0) is 29.8 Å². The minimum atomic E-state index is -3.86. The zero-order valence-electron chi connectivity index (χ0n) is 12.2. The Balaban J connectivity index is 1.69. The van der Waals surface area contributed by atoms with Gasteiger partial charge in [0.25, 0.3) is 5.92 Å². The number of fused-ring (bicyclic) bond motifs is 1. The van der Waals surface area contributed by atoms with Gasteiger partial charge in [0.2, 0.25) is 15.9 Å². The molecule has 1 fully saturated rings. The maximum absolute atomic E-state index is 14.3. The fourth-order valence-electron chi connectivity index (χ4n) is 2.94. The van der Waals surface area contributed by atoms with Crippen molar-refractivity contribution in [3.8, 4) is 0 Å². The normalized spacial score (nSPS) is 22.6. The van der Waals surface area contributed by atoms with Crippen LogP contribution in [0.2, 0.25) is 0 Å². The van der Waals surface area contributed by atoms with Gasteiger partial charge in [-0.1, -0.05) is 24.3 Å². The van der Waals surface area contributed by atoms with E-state index in [4.69, 9.17) is 9.56 Å². The number of hydrogen-bond acceptors (Lipinski definition) is 4. The summed E-state index contributed by atoms with van der Waals surface area (Å²) in [7, 11) is -3.86. The second-order valence-corrected chi connectivity index (χ2v) is 7.33. The van der Waals surface area contributed by atoms with Crippen LogP contribution in [-0.4, -0.2) is 19.3 Å². The molecule has 0 bridgehead atoms. The van der Waals surface area contributed by atoms with Crippen LogP contribution in [0, 0.1) is 0 Å². The first-order valence-corrected chi connectivity index (χ1v) is 8.69. The van der Waals surface area contributed by atoms with Crippen LogP contribution in [0.5, 0.6) is 0 Å². The van der Waals surface area contributed by atoms with E-state index >= 15 is 0 Å². The molecule has 1 heterocycles. The lowest BCUT2D eigenvalue weighted by molar-refractivity contribution is 0.101. The molecule has 1 aromatic heterocycles. The molecule has 1 aliphatic carbocycles. The number of nitrogens with two attached hydrogens (primary N) is 1. The Morgan fingerprint density at radius 3 is 2.33 bits per heavy atom. The third-order valence-corrected chi connectivity index (χ3v) is 5.13. The molecule has 2 atom stereocenters. The minimum absolute atomic E-state index is 0.0123. The fraction of sp³-hybridized carbons (Fsp3) is 0.188. The molecule has 0 amide bonds. The summed E-state index contributed by atoms with van der Waals surface area (Å²) in [6.07, 6.45) is 0. The van der Waals surface area contributed by atoms with E-state index in [1.807, 2.05) is 0 Å². The Labute approximate surface area is 136 Å². The predicted molar refractivity (Wildman–Crippen MR) is 82.3 cm³/mol. The summed E-state index contributed by atoms with van der Waals surface area (Å²) in [5, 5.41) is 5.01. The number of primary sulfonamides is 1. The van der Waals surface area contributed by atoms with Crippen LogP contribution in [0.4, 0.5) is 8.78 Å². The Kier molecular flexibility index (Phi) is 3.07. The largest absolute Gasteiger partial charge is 0.440 e. The molecule has 2 aromatic carbocycles. The smallest absolute Gasteiger partial charge is 0.268 e. The van der Waals surface area contributed by atoms with Gasteiger partial charge >= 0.3 is 0 Å². The molecule has 24 heavy (non-hydrogen) atoms. The molecule has 2 N–H and O–H groups in total. The molecule has 3 aromatic rings. The van der Waals surface area contributed by atoms with E-state index in [-0.39, 0.29) is 10.8 Å². The first kappa shape index (κ1) is 15.2. The summed E-state index contributed by atoms with van der Waals surface area (Å²) in [5.41, 5.74) is 1.30. The number of sulfonamides is 1. The van der Waals surface area contributed by atoms with Crippen molar-refractivity contribution in [2.45, 2.75) is 22.7 Å². The lowest BCUT2D eigenvalue weighted by Gasteiger charge is -2.01. The average molecular weight is 350 g/mol. The number of aromatic nitrogens is 1. The number of oxazole rings is 1. The van der Waals surface area contributed by atoms with Crippen molar-refractivity contribution >= 4 is 21.1 Å². The van der Waals surface area contributed by atoms with E-state index in [0.29, 0.717) is 16.7 Å². The molecular formula is C16H12F2N2O3S. The summed E-state index contributed by atoms with van der Waals surface area (Å²) in [6, 6.07) is 12.0. The first-order chi connectivity index (χ1) is 11.3. The van der Waals surface area contributed by atoms with E-state index in [1.54, 1.807) is 24.3 Å². The van der Waals surface area contributed by atoms with Crippen LogP contribution in [0.1, 0.15) is 23.3 Å². The first-order valence-electron chi connectivity index (χ1n) is 7.14. The molecule has 5 nitrogen and oxygen atoms in total. The van der Waals surface area contributed by atoms with Gasteiger partial charge in [0.05, 0.1) is 10.8 Å². The number of para-hydroxylation sites is 2. The van der Waals surface area contributed by atoms with Gasteiger partial charge in [-0.25, -0.2) is 27.3 Å². The highest BCUT2D eigenvalue weighted by molar-refractivity contribution is 7.89. The van der Waals surface area contributed by atoms with Crippen LogP contribution < -0.4 is 5.14 Å². The van der Waals surface area contributed by atoms with Crippen molar-refractivity contribution in [2.75, 3.05) is 0 Å². The van der Waals surface area contributed by atoms with Crippen molar-refractivity contribution in [3.63, 3.8) is 0 Å². The zero-order valence-corrected chi connectivity index (χ0v) is 13.0. The van der Waals surface area contributed by atoms with E-state index in [0.717, 1.165) is 0 Å². The second-order valence-electron chi connectivity index (χ2n) is 5.76. The predicted octanol–water partition coefficient (Wildman–Crippen LogP) is 2.99. The number of nitrogens with zero attached hydrogens (tertiary/aromatic N) is 1. The molecule has 0 aliphatic heterocycles. The Hall–Kier alpha value is -2.32. The van der Waals surface area contributed by atoms with Crippen molar-refractivity contribution in [2.24, 2.45) is 5.14 Å². The molecule has 0 saturated heterocycles. The van der Waals surface area contributed by atoms with Gasteiger partial charge < -0.3 is 4.42 Å². The van der Waals surface area contributed by atoms with Crippen molar-refractivity contribution in [1.82, 2.24) is 4.98 Å². The van der Waals surface area contributed by atoms with Crippen LogP contribution >= 0.6 is 0 Å². The molecule has 0 spiro atoms. The summed E-state index contributed by atoms with van der Waals surface area (Å²) in [5.74, 6) is -5.27. The van der Waals surface area contributed by atoms with Crippen molar-refractivity contribution in [3.05, 3.63) is 60.0 Å². The van der Waals surface area contributed by atoms with E-state index in [9.17, 15) is 17.2 Å². The van der Waals surface area contributed by atoms with Gasteiger partial charge in [0.1, 0.15) is 11.4 Å². The third kappa shape index (κ3) is 2.30. The summed E-state index contributed by atoms with van der Waals surface area (Å²) in [6.45, 7) is 0. The monoisotopic (exact) mass is 350 g/mol. The third-order valence-electron chi connectivity index (χ3n) is 4.20. The van der Waals surface area contributed by atoms with Gasteiger partial charge in [0.15, 0.2) is 5.58 Å². The SMILES string of the molecule is NS(=O)(=O)c1ccc([C@@H]2[C@@H](c3nc4ccccc4o3)C2(F)F)cc1. The van der Waals surface area contributed by atoms with Gasteiger partial charge in [0, 0.05) is 0 Å². The molecule has 4 rings (SSSR count). The lowest BCUT2D eigenvalue weighted by Crippen LogP contribution is -2.11. The number of halogens is 2. The number of rotatable bonds is 3. The standard InChI is InChI=1S/C16H12F2N2O3S/c17-16(18)13(9-5-7-10(8-6-9)24(19,21)22)14(16)15-20-11-3-1-2-4-12(11)23-15/h1-8,13-14H,(H2,19,21,22)/t13-,14+/m1/s1. The molecule has 0 radical (unpaired) electrons. The van der Waals surface area contributed by atoms with Crippen molar-refractivity contribution in [1.29, 1.82) is 0 Å². The van der Waals surface area contributed by atoms with E-state index in [2.05, 4.69) is 4.98 Å². The summed E-state index contributed by atoms with van der Waals surface area (Å²) < 4.78 is 56.4. The number of hydrogen-bond donors (Lipinski definition) is 1. The Morgan fingerprint density at radius 2 is 1.71 bits per heavy atom. The molecule has 1 aliphatic rings. The van der Waals surface area contributed by atoms with Crippen LogP contribution in [0.3, 0.4) is 0 Å². The maximum atomic E-state index is 14.3. The number of benzene rings is 2. The lowest BCUT2D eigenvalue weighted by atomic mass is 10.1. The Bertz CT molecular complexity index is 996. The second kappa shape index (κ2) is 4.84. The average Bonchev–Trinajstić information content (AvgIpc) is 2.90. The molecule has 0 unspecified atom stereocenters. The maximum Gasteiger partial charge on any atom is 0.268 e. The highest BCUT2D eigenvalue weighted by atomic mass is 32.2.